The number of H-pyrrole nitrogens is 2. The van der Waals surface area contributed by atoms with E-state index in [0.717, 1.165) is 0 Å². The summed E-state index contributed by atoms with van der Waals surface area (Å²) in [7, 11) is 1.90. The maximum atomic E-state index is 12.3. The van der Waals surface area contributed by atoms with Crippen LogP contribution in [-0.4, -0.2) is 31.9 Å². The van der Waals surface area contributed by atoms with Crippen molar-refractivity contribution in [2.24, 2.45) is 0 Å². The number of para-hydroxylation sites is 2. The summed E-state index contributed by atoms with van der Waals surface area (Å²) in [4.78, 5) is 41.3. The van der Waals surface area contributed by atoms with Gasteiger partial charge in [0.2, 0.25) is 0 Å². The minimum atomic E-state index is -0.168. The van der Waals surface area contributed by atoms with E-state index in [2.05, 4.69) is 19.9 Å². The molecule has 7 heteroatoms. The lowest BCUT2D eigenvalue weighted by molar-refractivity contribution is 0.238. The van der Waals surface area contributed by atoms with Crippen LogP contribution < -0.4 is 11.1 Å². The normalized spacial score (nSPS) is 12.7. The second-order valence-electron chi connectivity index (χ2n) is 6.59. The van der Waals surface area contributed by atoms with Gasteiger partial charge >= 0.3 is 0 Å². The molecule has 2 aromatic carbocycles. The van der Waals surface area contributed by atoms with E-state index in [1.165, 1.54) is 0 Å². The van der Waals surface area contributed by atoms with Gasteiger partial charge in [-0.05, 0) is 38.2 Å². The molecule has 0 spiro atoms. The van der Waals surface area contributed by atoms with Crippen molar-refractivity contribution < 1.29 is 0 Å². The third kappa shape index (κ3) is 3.24. The molecule has 2 heterocycles. The minimum absolute atomic E-state index is 0.158. The Kier molecular flexibility index (Phi) is 4.29. The summed E-state index contributed by atoms with van der Waals surface area (Å²) >= 11 is 0. The van der Waals surface area contributed by atoms with Gasteiger partial charge in [0.05, 0.1) is 34.4 Å². The summed E-state index contributed by atoms with van der Waals surface area (Å²) in [6, 6.07) is 14.3. The molecule has 2 aromatic heterocycles. The first kappa shape index (κ1) is 17.1. The van der Waals surface area contributed by atoms with Gasteiger partial charge in [-0.3, -0.25) is 14.5 Å². The first-order valence-corrected chi connectivity index (χ1v) is 8.70. The lowest BCUT2D eigenvalue weighted by Gasteiger charge is -2.23. The zero-order valence-corrected chi connectivity index (χ0v) is 15.1. The molecule has 0 amide bonds. The van der Waals surface area contributed by atoms with Crippen molar-refractivity contribution >= 4 is 21.8 Å². The van der Waals surface area contributed by atoms with Crippen LogP contribution in [0, 0.1) is 0 Å². The molecule has 1 atom stereocenters. The van der Waals surface area contributed by atoms with E-state index < -0.39 is 0 Å². The second-order valence-corrected chi connectivity index (χ2v) is 6.59. The van der Waals surface area contributed by atoms with E-state index in [-0.39, 0.29) is 17.2 Å². The molecule has 2 N–H and O–H groups in total. The molecule has 27 heavy (non-hydrogen) atoms. The Morgan fingerprint density at radius 2 is 1.44 bits per heavy atom. The van der Waals surface area contributed by atoms with E-state index in [9.17, 15) is 9.59 Å². The monoisotopic (exact) mass is 361 g/mol. The van der Waals surface area contributed by atoms with Crippen molar-refractivity contribution in [3.63, 3.8) is 0 Å². The molecule has 0 aliphatic carbocycles. The molecule has 0 bridgehead atoms. The van der Waals surface area contributed by atoms with Crippen LogP contribution in [0.4, 0.5) is 0 Å². The van der Waals surface area contributed by atoms with Crippen LogP contribution in [0.25, 0.3) is 21.8 Å². The van der Waals surface area contributed by atoms with Gasteiger partial charge in [-0.15, -0.1) is 0 Å². The Labute approximate surface area is 154 Å². The maximum absolute atomic E-state index is 12.3. The molecule has 0 aliphatic rings. The molecule has 0 saturated carbocycles. The summed E-state index contributed by atoms with van der Waals surface area (Å²) in [5.74, 6) is 1.14. The predicted molar refractivity (Wildman–Crippen MR) is 105 cm³/mol. The van der Waals surface area contributed by atoms with E-state index in [0.29, 0.717) is 40.0 Å². The molecule has 4 rings (SSSR count). The quantitative estimate of drug-likeness (QED) is 0.582. The fourth-order valence-corrected chi connectivity index (χ4v) is 3.09. The van der Waals surface area contributed by atoms with Gasteiger partial charge in [0.25, 0.3) is 11.1 Å². The van der Waals surface area contributed by atoms with E-state index >= 15 is 0 Å². The largest absolute Gasteiger partial charge is 0.309 e. The Hall–Kier alpha value is -3.32. The number of aromatic nitrogens is 4. The molecule has 0 aliphatic heterocycles. The summed E-state index contributed by atoms with van der Waals surface area (Å²) in [6.07, 6.45) is 0. The third-order valence-electron chi connectivity index (χ3n) is 4.75. The Morgan fingerprint density at radius 3 is 2.11 bits per heavy atom. The number of hydrogen-bond donors (Lipinski definition) is 2. The highest BCUT2D eigenvalue weighted by Gasteiger charge is 2.17. The summed E-state index contributed by atoms with van der Waals surface area (Å²) < 4.78 is 0. The molecule has 0 saturated heterocycles. The van der Waals surface area contributed by atoms with E-state index in [1.54, 1.807) is 12.1 Å². The summed E-state index contributed by atoms with van der Waals surface area (Å²) in [5, 5.41) is 1.13. The van der Waals surface area contributed by atoms with Gasteiger partial charge in [0.1, 0.15) is 11.6 Å². The lowest BCUT2D eigenvalue weighted by Crippen LogP contribution is -2.27. The first-order valence-electron chi connectivity index (χ1n) is 8.70. The van der Waals surface area contributed by atoms with Gasteiger partial charge in [0, 0.05) is 0 Å². The number of rotatable bonds is 4. The van der Waals surface area contributed by atoms with Crippen molar-refractivity contribution in [2.45, 2.75) is 19.5 Å². The molecular formula is C20H19N5O2. The molecule has 0 unspecified atom stereocenters. The highest BCUT2D eigenvalue weighted by atomic mass is 16.1. The fourth-order valence-electron chi connectivity index (χ4n) is 3.09. The van der Waals surface area contributed by atoms with Crippen molar-refractivity contribution in [2.75, 3.05) is 7.05 Å². The Balaban J connectivity index is 1.64. The molecule has 136 valence electrons. The number of nitrogens with zero attached hydrogens (tertiary/aromatic N) is 3. The van der Waals surface area contributed by atoms with Gasteiger partial charge in [-0.25, -0.2) is 9.97 Å². The number of benzene rings is 2. The predicted octanol–water partition coefficient (Wildman–Crippen LogP) is 2.35. The van der Waals surface area contributed by atoms with Crippen molar-refractivity contribution in [1.29, 1.82) is 0 Å². The van der Waals surface area contributed by atoms with Gasteiger partial charge < -0.3 is 9.97 Å². The standard InChI is InChI=1S/C20H19N5O2/c1-12(18-22-16-10-6-4-8-14(16)20(27)24-18)25(2)11-17-21-15-9-5-3-7-13(15)19(26)23-17/h3-10,12H,11H2,1-2H3,(H,21,23,26)(H,22,24,27)/t12-/m0/s1. The highest BCUT2D eigenvalue weighted by molar-refractivity contribution is 5.77. The average Bonchev–Trinajstić information content (AvgIpc) is 2.67. The number of nitrogens with one attached hydrogen (secondary N) is 2. The average molecular weight is 361 g/mol. The third-order valence-corrected chi connectivity index (χ3v) is 4.75. The highest BCUT2D eigenvalue weighted by Crippen LogP contribution is 2.17. The maximum Gasteiger partial charge on any atom is 0.258 e. The Bertz CT molecular complexity index is 1240. The minimum Gasteiger partial charge on any atom is -0.309 e. The second kappa shape index (κ2) is 6.77. The molecular weight excluding hydrogens is 342 g/mol. The van der Waals surface area contributed by atoms with Crippen LogP contribution in [0.5, 0.6) is 0 Å². The topological polar surface area (TPSA) is 94.7 Å². The molecule has 0 fully saturated rings. The van der Waals surface area contributed by atoms with Crippen LogP contribution in [-0.2, 0) is 6.54 Å². The smallest absolute Gasteiger partial charge is 0.258 e. The van der Waals surface area contributed by atoms with Crippen LogP contribution in [0.3, 0.4) is 0 Å². The molecule has 0 radical (unpaired) electrons. The van der Waals surface area contributed by atoms with Crippen LogP contribution in [0.1, 0.15) is 24.6 Å². The van der Waals surface area contributed by atoms with Crippen LogP contribution >= 0.6 is 0 Å². The SMILES string of the molecule is C[C@@H](c1nc2ccccc2c(=O)[nH]1)N(C)Cc1nc2ccccc2c(=O)[nH]1. The number of fused-ring (bicyclic) bond motifs is 2. The number of aromatic amines is 2. The van der Waals surface area contributed by atoms with Crippen molar-refractivity contribution in [3.8, 4) is 0 Å². The zero-order chi connectivity index (χ0) is 19.0. The first-order chi connectivity index (χ1) is 13.0. The number of hydrogen-bond acceptors (Lipinski definition) is 5. The van der Waals surface area contributed by atoms with Gasteiger partial charge in [-0.1, -0.05) is 24.3 Å². The van der Waals surface area contributed by atoms with Crippen LogP contribution in [0.2, 0.25) is 0 Å². The zero-order valence-electron chi connectivity index (χ0n) is 15.1. The van der Waals surface area contributed by atoms with Gasteiger partial charge in [0.15, 0.2) is 0 Å². The van der Waals surface area contributed by atoms with E-state index in [4.69, 9.17) is 0 Å². The Morgan fingerprint density at radius 1 is 0.889 bits per heavy atom. The van der Waals surface area contributed by atoms with E-state index in [1.807, 2.05) is 55.3 Å². The molecule has 4 aromatic rings. The summed E-state index contributed by atoms with van der Waals surface area (Å²) in [5.41, 5.74) is 1.00. The lowest BCUT2D eigenvalue weighted by atomic mass is 10.2. The van der Waals surface area contributed by atoms with Crippen molar-refractivity contribution in [1.82, 2.24) is 24.8 Å². The summed E-state index contributed by atoms with van der Waals surface area (Å²) in [6.45, 7) is 2.37. The van der Waals surface area contributed by atoms with Gasteiger partial charge in [-0.2, -0.15) is 0 Å². The van der Waals surface area contributed by atoms with Crippen molar-refractivity contribution in [3.05, 3.63) is 80.9 Å². The van der Waals surface area contributed by atoms with Crippen LogP contribution in [0.15, 0.2) is 58.1 Å². The fraction of sp³-hybridized carbons (Fsp3) is 0.200. The molecule has 7 nitrogen and oxygen atoms in total.